The van der Waals surface area contributed by atoms with Gasteiger partial charge in [0, 0.05) is 19.2 Å². The summed E-state index contributed by atoms with van der Waals surface area (Å²) in [4.78, 5) is 20.3. The Balaban J connectivity index is 0.000000293. The van der Waals surface area contributed by atoms with Crippen molar-refractivity contribution in [1.29, 1.82) is 0 Å². The van der Waals surface area contributed by atoms with Crippen LogP contribution in [-0.2, 0) is 4.79 Å². The van der Waals surface area contributed by atoms with Gasteiger partial charge in [-0.1, -0.05) is 18.2 Å². The van der Waals surface area contributed by atoms with Crippen molar-refractivity contribution in [2.45, 2.75) is 6.92 Å². The molecular formula is C11H15NO3S. The van der Waals surface area contributed by atoms with Crippen molar-refractivity contribution in [3.05, 3.63) is 35.9 Å². The van der Waals surface area contributed by atoms with Crippen molar-refractivity contribution < 1.29 is 14.7 Å². The van der Waals surface area contributed by atoms with Gasteiger partial charge in [0.05, 0.1) is 5.56 Å². The number of aromatic carboxylic acids is 1. The van der Waals surface area contributed by atoms with Crippen LogP contribution in [0.2, 0.25) is 0 Å². The highest BCUT2D eigenvalue weighted by atomic mass is 32.1. The maximum atomic E-state index is 10.2. The van der Waals surface area contributed by atoms with Gasteiger partial charge in [-0.05, 0) is 12.1 Å². The van der Waals surface area contributed by atoms with Crippen LogP contribution in [0.3, 0.4) is 0 Å². The van der Waals surface area contributed by atoms with Gasteiger partial charge in [-0.25, -0.2) is 4.79 Å². The van der Waals surface area contributed by atoms with E-state index in [4.69, 9.17) is 5.11 Å². The minimum absolute atomic E-state index is 0.00838. The lowest BCUT2D eigenvalue weighted by molar-refractivity contribution is -0.118. The zero-order chi connectivity index (χ0) is 12.4. The van der Waals surface area contributed by atoms with Crippen LogP contribution in [0.5, 0.6) is 0 Å². The predicted molar refractivity (Wildman–Crippen MR) is 65.9 cm³/mol. The fourth-order valence-electron chi connectivity index (χ4n) is 0.813. The molecule has 0 aliphatic rings. The molecule has 0 aliphatic carbocycles. The molecule has 16 heavy (non-hydrogen) atoms. The number of carboxylic acids is 1. The van der Waals surface area contributed by atoms with E-state index in [1.54, 1.807) is 30.3 Å². The normalized spacial score (nSPS) is 8.62. The summed E-state index contributed by atoms with van der Waals surface area (Å²) in [5.74, 6) is -0.163. The summed E-state index contributed by atoms with van der Waals surface area (Å²) in [6, 6.07) is 8.30. The Bertz CT molecular complexity index is 327. The summed E-state index contributed by atoms with van der Waals surface area (Å²) >= 11 is 3.88. The minimum Gasteiger partial charge on any atom is -0.478 e. The summed E-state index contributed by atoms with van der Waals surface area (Å²) < 4.78 is 0. The zero-order valence-electron chi connectivity index (χ0n) is 9.01. The number of nitrogens with one attached hydrogen (secondary N) is 1. The quantitative estimate of drug-likeness (QED) is 0.701. The monoisotopic (exact) mass is 241 g/mol. The Morgan fingerprint density at radius 2 is 1.88 bits per heavy atom. The summed E-state index contributed by atoms with van der Waals surface area (Å²) in [5, 5.41) is 11.0. The van der Waals surface area contributed by atoms with E-state index in [0.717, 1.165) is 0 Å². The number of amides is 1. The topological polar surface area (TPSA) is 66.4 Å². The van der Waals surface area contributed by atoms with Crippen LogP contribution in [0.1, 0.15) is 17.3 Å². The van der Waals surface area contributed by atoms with Crippen LogP contribution in [0, 0.1) is 0 Å². The first-order valence-electron chi connectivity index (χ1n) is 4.71. The average Bonchev–Trinajstić information content (AvgIpc) is 2.28. The molecule has 0 bridgehead atoms. The van der Waals surface area contributed by atoms with E-state index in [0.29, 0.717) is 17.9 Å². The molecule has 1 amide bonds. The first-order valence-corrected chi connectivity index (χ1v) is 5.34. The fourth-order valence-corrected chi connectivity index (χ4v) is 0.924. The number of carbonyl (C=O) groups excluding carboxylic acids is 1. The molecule has 0 unspecified atom stereocenters. The molecular weight excluding hydrogens is 226 g/mol. The molecule has 88 valence electrons. The molecule has 0 heterocycles. The van der Waals surface area contributed by atoms with Crippen LogP contribution < -0.4 is 5.32 Å². The second-order valence-electron chi connectivity index (χ2n) is 2.88. The Kier molecular flexibility index (Phi) is 7.97. The van der Waals surface area contributed by atoms with E-state index in [9.17, 15) is 9.59 Å². The van der Waals surface area contributed by atoms with Crippen LogP contribution in [-0.4, -0.2) is 29.3 Å². The van der Waals surface area contributed by atoms with E-state index >= 15 is 0 Å². The molecule has 0 saturated heterocycles. The maximum absolute atomic E-state index is 10.2. The van der Waals surface area contributed by atoms with Crippen molar-refractivity contribution in [1.82, 2.24) is 5.32 Å². The second kappa shape index (κ2) is 8.79. The van der Waals surface area contributed by atoms with Crippen molar-refractivity contribution in [2.75, 3.05) is 12.3 Å². The van der Waals surface area contributed by atoms with Gasteiger partial charge in [0.1, 0.15) is 0 Å². The fraction of sp³-hybridized carbons (Fsp3) is 0.273. The van der Waals surface area contributed by atoms with Crippen molar-refractivity contribution >= 4 is 24.5 Å². The van der Waals surface area contributed by atoms with Crippen LogP contribution in [0.25, 0.3) is 0 Å². The first-order chi connectivity index (χ1) is 7.57. The van der Waals surface area contributed by atoms with Crippen LogP contribution >= 0.6 is 12.6 Å². The van der Waals surface area contributed by atoms with Crippen molar-refractivity contribution in [2.24, 2.45) is 0 Å². The van der Waals surface area contributed by atoms with Gasteiger partial charge in [0.15, 0.2) is 0 Å². The molecule has 4 nitrogen and oxygen atoms in total. The molecule has 0 saturated carbocycles. The Hall–Kier alpha value is -1.49. The molecule has 1 aromatic carbocycles. The first kappa shape index (κ1) is 14.5. The molecule has 1 rings (SSSR count). The third-order valence-electron chi connectivity index (χ3n) is 1.51. The highest BCUT2D eigenvalue weighted by Gasteiger charge is 1.96. The van der Waals surface area contributed by atoms with Crippen molar-refractivity contribution in [3.63, 3.8) is 0 Å². The Labute approximate surface area is 100 Å². The van der Waals surface area contributed by atoms with E-state index in [-0.39, 0.29) is 5.91 Å². The van der Waals surface area contributed by atoms with Gasteiger partial charge >= 0.3 is 5.97 Å². The predicted octanol–water partition coefficient (Wildman–Crippen LogP) is 1.44. The number of benzene rings is 1. The van der Waals surface area contributed by atoms with Crippen LogP contribution in [0.4, 0.5) is 0 Å². The van der Waals surface area contributed by atoms with Crippen LogP contribution in [0.15, 0.2) is 30.3 Å². The van der Waals surface area contributed by atoms with E-state index < -0.39 is 5.97 Å². The third-order valence-corrected chi connectivity index (χ3v) is 1.73. The molecule has 2 N–H and O–H groups in total. The van der Waals surface area contributed by atoms with Gasteiger partial charge < -0.3 is 10.4 Å². The highest BCUT2D eigenvalue weighted by Crippen LogP contribution is 1.96. The van der Waals surface area contributed by atoms with Gasteiger partial charge in [0.2, 0.25) is 5.91 Å². The number of carboxylic acid groups (broad SMARTS) is 1. The number of hydrogen-bond acceptors (Lipinski definition) is 3. The SMILES string of the molecule is CC(=O)NCCS.O=C(O)c1ccccc1. The van der Waals surface area contributed by atoms with Gasteiger partial charge in [-0.15, -0.1) is 0 Å². The molecule has 1 aromatic rings. The summed E-state index contributed by atoms with van der Waals surface area (Å²) in [5.41, 5.74) is 0.331. The summed E-state index contributed by atoms with van der Waals surface area (Å²) in [6.45, 7) is 2.15. The van der Waals surface area contributed by atoms with Gasteiger partial charge in [-0.2, -0.15) is 12.6 Å². The maximum Gasteiger partial charge on any atom is 0.335 e. The number of thiol groups is 1. The summed E-state index contributed by atoms with van der Waals surface area (Å²) in [7, 11) is 0. The molecule has 0 atom stereocenters. The summed E-state index contributed by atoms with van der Waals surface area (Å²) in [6.07, 6.45) is 0. The zero-order valence-corrected chi connectivity index (χ0v) is 9.91. The van der Waals surface area contributed by atoms with Gasteiger partial charge in [-0.3, -0.25) is 4.79 Å². The van der Waals surface area contributed by atoms with E-state index in [1.807, 2.05) is 0 Å². The third kappa shape index (κ3) is 7.87. The van der Waals surface area contributed by atoms with E-state index in [1.165, 1.54) is 6.92 Å². The lowest BCUT2D eigenvalue weighted by atomic mass is 10.2. The van der Waals surface area contributed by atoms with Gasteiger partial charge in [0.25, 0.3) is 0 Å². The Morgan fingerprint density at radius 1 is 1.31 bits per heavy atom. The standard InChI is InChI=1S/C7H6O2.C4H9NOS/c8-7(9)6-4-2-1-3-5-6;1-4(6)5-2-3-7/h1-5H,(H,8,9);7H,2-3H2,1H3,(H,5,6). The number of carbonyl (C=O) groups is 2. The smallest absolute Gasteiger partial charge is 0.335 e. The lowest BCUT2D eigenvalue weighted by Gasteiger charge is -1.93. The molecule has 0 radical (unpaired) electrons. The second-order valence-corrected chi connectivity index (χ2v) is 3.32. The highest BCUT2D eigenvalue weighted by molar-refractivity contribution is 7.80. The Morgan fingerprint density at radius 3 is 2.12 bits per heavy atom. The molecule has 0 fully saturated rings. The molecule has 0 aromatic heterocycles. The lowest BCUT2D eigenvalue weighted by Crippen LogP contribution is -2.21. The largest absolute Gasteiger partial charge is 0.478 e. The number of hydrogen-bond donors (Lipinski definition) is 3. The van der Waals surface area contributed by atoms with E-state index in [2.05, 4.69) is 17.9 Å². The molecule has 5 heteroatoms. The molecule has 0 spiro atoms. The average molecular weight is 241 g/mol. The minimum atomic E-state index is -0.879. The van der Waals surface area contributed by atoms with Crippen molar-refractivity contribution in [3.8, 4) is 0 Å². The molecule has 0 aliphatic heterocycles. The number of rotatable bonds is 3.